The predicted molar refractivity (Wildman–Crippen MR) is 80.4 cm³/mol. The first-order chi connectivity index (χ1) is 9.01. The summed E-state index contributed by atoms with van der Waals surface area (Å²) in [4.78, 5) is 1.12. The second-order valence-corrected chi connectivity index (χ2v) is 7.58. The van der Waals surface area contributed by atoms with E-state index < -0.39 is 10.0 Å². The number of nitrogens with one attached hydrogen (secondary N) is 1. The third-order valence-electron chi connectivity index (χ3n) is 2.52. The van der Waals surface area contributed by atoms with Crippen molar-refractivity contribution < 1.29 is 8.42 Å². The Morgan fingerprint density at radius 2 is 1.95 bits per heavy atom. The maximum atomic E-state index is 12.0. The summed E-state index contributed by atoms with van der Waals surface area (Å²) in [6.07, 6.45) is 0. The van der Waals surface area contributed by atoms with Gasteiger partial charge in [0.1, 0.15) is 0 Å². The van der Waals surface area contributed by atoms with Gasteiger partial charge in [0.05, 0.1) is 4.90 Å². The third-order valence-corrected chi connectivity index (χ3v) is 5.54. The molecule has 102 valence electrons. The van der Waals surface area contributed by atoms with Crippen LogP contribution < -0.4 is 10.5 Å². The molecule has 2 rings (SSSR count). The van der Waals surface area contributed by atoms with E-state index in [1.165, 1.54) is 11.3 Å². The van der Waals surface area contributed by atoms with E-state index in [2.05, 4.69) is 20.7 Å². The molecule has 1 aromatic heterocycles. The molecule has 0 fully saturated rings. The summed E-state index contributed by atoms with van der Waals surface area (Å²) in [5.74, 6) is 0. The lowest BCUT2D eigenvalue weighted by molar-refractivity contribution is 0.581. The summed E-state index contributed by atoms with van der Waals surface area (Å²) in [6, 6.07) is 9.09. The molecule has 0 aliphatic carbocycles. The maximum Gasteiger partial charge on any atom is 0.241 e. The Kier molecular flexibility index (Phi) is 4.75. The Hall–Kier alpha value is -0.730. The fraction of sp³-hybridized carbons (Fsp3) is 0.167. The maximum absolute atomic E-state index is 12.0. The lowest BCUT2D eigenvalue weighted by Gasteiger charge is -2.05. The summed E-state index contributed by atoms with van der Waals surface area (Å²) < 4.78 is 27.6. The number of nitrogens with two attached hydrogens (primary N) is 1. The molecule has 1 aromatic carbocycles. The lowest BCUT2D eigenvalue weighted by atomic mass is 10.2. The predicted octanol–water partition coefficient (Wildman–Crippen LogP) is 2.45. The van der Waals surface area contributed by atoms with Crippen molar-refractivity contribution >= 4 is 37.3 Å². The summed E-state index contributed by atoms with van der Waals surface area (Å²) in [5.41, 5.74) is 6.38. The van der Waals surface area contributed by atoms with Gasteiger partial charge in [-0.25, -0.2) is 13.1 Å². The number of thiophene rings is 1. The van der Waals surface area contributed by atoms with Crippen LogP contribution in [-0.2, 0) is 23.1 Å². The number of sulfonamides is 1. The summed E-state index contributed by atoms with van der Waals surface area (Å²) in [5, 5.41) is 1.60. The van der Waals surface area contributed by atoms with Gasteiger partial charge in [-0.15, -0.1) is 11.3 Å². The molecule has 0 aliphatic heterocycles. The molecular weight excluding hydrogens is 348 g/mol. The minimum Gasteiger partial charge on any atom is -0.326 e. The van der Waals surface area contributed by atoms with Crippen LogP contribution in [0.4, 0.5) is 0 Å². The topological polar surface area (TPSA) is 72.2 Å². The molecule has 2 aromatic rings. The summed E-state index contributed by atoms with van der Waals surface area (Å²) in [6.45, 7) is 0.621. The van der Waals surface area contributed by atoms with Crippen molar-refractivity contribution in [3.05, 3.63) is 50.6 Å². The molecule has 0 aliphatic rings. The van der Waals surface area contributed by atoms with E-state index in [1.54, 1.807) is 11.4 Å². The van der Waals surface area contributed by atoms with Gasteiger partial charge in [-0.1, -0.05) is 28.1 Å². The van der Waals surface area contributed by atoms with E-state index in [1.807, 2.05) is 24.3 Å². The molecule has 0 saturated heterocycles. The Labute approximate surface area is 124 Å². The molecule has 4 nitrogen and oxygen atoms in total. The molecule has 0 unspecified atom stereocenters. The van der Waals surface area contributed by atoms with Gasteiger partial charge in [-0.3, -0.25) is 0 Å². The van der Waals surface area contributed by atoms with E-state index >= 15 is 0 Å². The van der Waals surface area contributed by atoms with Crippen LogP contribution in [0.2, 0.25) is 0 Å². The fourth-order valence-corrected chi connectivity index (χ4v) is 3.91. The van der Waals surface area contributed by atoms with Gasteiger partial charge in [0.2, 0.25) is 10.0 Å². The minimum atomic E-state index is -3.46. The fourth-order valence-electron chi connectivity index (χ4n) is 1.47. The molecular formula is C12H13BrN2O2S2. The zero-order valence-corrected chi connectivity index (χ0v) is 13.2. The SMILES string of the molecule is NCc1cc(S(=O)(=O)NCc2ccc(Br)cc2)cs1. The van der Waals surface area contributed by atoms with Crippen molar-refractivity contribution in [2.75, 3.05) is 0 Å². The largest absolute Gasteiger partial charge is 0.326 e. The molecule has 0 saturated carbocycles. The first-order valence-electron chi connectivity index (χ1n) is 5.53. The van der Waals surface area contributed by atoms with Crippen molar-refractivity contribution in [3.8, 4) is 0 Å². The highest BCUT2D eigenvalue weighted by molar-refractivity contribution is 9.10. The number of benzene rings is 1. The Balaban J connectivity index is 2.07. The summed E-state index contributed by atoms with van der Waals surface area (Å²) >= 11 is 4.68. The zero-order chi connectivity index (χ0) is 13.9. The van der Waals surface area contributed by atoms with E-state index in [0.29, 0.717) is 6.54 Å². The number of rotatable bonds is 5. The first kappa shape index (κ1) is 14.7. The Morgan fingerprint density at radius 3 is 2.53 bits per heavy atom. The van der Waals surface area contributed by atoms with E-state index in [0.717, 1.165) is 14.9 Å². The van der Waals surface area contributed by atoms with Crippen molar-refractivity contribution in [2.24, 2.45) is 5.73 Å². The highest BCUT2D eigenvalue weighted by Gasteiger charge is 2.15. The molecule has 0 radical (unpaired) electrons. The molecule has 19 heavy (non-hydrogen) atoms. The van der Waals surface area contributed by atoms with E-state index in [9.17, 15) is 8.42 Å². The molecule has 0 atom stereocenters. The average molecular weight is 361 g/mol. The van der Waals surface area contributed by atoms with Crippen LogP contribution in [0.25, 0.3) is 0 Å². The van der Waals surface area contributed by atoms with Crippen LogP contribution in [0.3, 0.4) is 0 Å². The van der Waals surface area contributed by atoms with Crippen LogP contribution in [0.1, 0.15) is 10.4 Å². The number of halogens is 1. The van der Waals surface area contributed by atoms with Crippen LogP contribution >= 0.6 is 27.3 Å². The lowest BCUT2D eigenvalue weighted by Crippen LogP contribution is -2.22. The van der Waals surface area contributed by atoms with Crippen molar-refractivity contribution in [2.45, 2.75) is 18.0 Å². The van der Waals surface area contributed by atoms with Crippen LogP contribution in [0, 0.1) is 0 Å². The second kappa shape index (κ2) is 6.15. The number of hydrogen-bond acceptors (Lipinski definition) is 4. The van der Waals surface area contributed by atoms with Gasteiger partial charge in [0, 0.05) is 27.8 Å². The molecule has 0 bridgehead atoms. The van der Waals surface area contributed by atoms with Gasteiger partial charge >= 0.3 is 0 Å². The zero-order valence-electron chi connectivity index (χ0n) is 9.97. The number of hydrogen-bond donors (Lipinski definition) is 2. The van der Waals surface area contributed by atoms with Gasteiger partial charge in [0.25, 0.3) is 0 Å². The second-order valence-electron chi connectivity index (χ2n) is 3.90. The summed E-state index contributed by atoms with van der Waals surface area (Å²) in [7, 11) is -3.46. The van der Waals surface area contributed by atoms with Crippen LogP contribution in [-0.4, -0.2) is 8.42 Å². The van der Waals surface area contributed by atoms with Gasteiger partial charge in [-0.2, -0.15) is 0 Å². The standard InChI is InChI=1S/C12H13BrN2O2S2/c13-10-3-1-9(2-4-10)7-15-19(16,17)12-5-11(6-14)18-8-12/h1-5,8,15H,6-7,14H2. The normalized spacial score (nSPS) is 11.7. The Morgan fingerprint density at radius 1 is 1.26 bits per heavy atom. The first-order valence-corrected chi connectivity index (χ1v) is 8.68. The van der Waals surface area contributed by atoms with Gasteiger partial charge in [0.15, 0.2) is 0 Å². The van der Waals surface area contributed by atoms with Crippen molar-refractivity contribution in [1.82, 2.24) is 4.72 Å². The smallest absolute Gasteiger partial charge is 0.241 e. The van der Waals surface area contributed by atoms with E-state index in [-0.39, 0.29) is 11.4 Å². The highest BCUT2D eigenvalue weighted by atomic mass is 79.9. The molecule has 7 heteroatoms. The van der Waals surface area contributed by atoms with Crippen molar-refractivity contribution in [3.63, 3.8) is 0 Å². The minimum absolute atomic E-state index is 0.267. The highest BCUT2D eigenvalue weighted by Crippen LogP contribution is 2.19. The average Bonchev–Trinajstić information content (AvgIpc) is 2.88. The van der Waals surface area contributed by atoms with Gasteiger partial charge < -0.3 is 5.73 Å². The molecule has 0 spiro atoms. The molecule has 1 heterocycles. The molecule has 0 amide bonds. The third kappa shape index (κ3) is 3.87. The van der Waals surface area contributed by atoms with Crippen LogP contribution in [0.5, 0.6) is 0 Å². The van der Waals surface area contributed by atoms with Gasteiger partial charge in [-0.05, 0) is 23.8 Å². The Bertz CT molecular complexity index is 651. The monoisotopic (exact) mass is 360 g/mol. The van der Waals surface area contributed by atoms with Crippen LogP contribution in [0.15, 0.2) is 45.1 Å². The van der Waals surface area contributed by atoms with E-state index in [4.69, 9.17) is 5.73 Å². The molecule has 3 N–H and O–H groups in total. The quantitative estimate of drug-likeness (QED) is 0.859. The van der Waals surface area contributed by atoms with Crippen molar-refractivity contribution in [1.29, 1.82) is 0 Å².